The van der Waals surface area contributed by atoms with Gasteiger partial charge in [-0.25, -0.2) is 0 Å². The first-order chi connectivity index (χ1) is 12.5. The molecule has 0 bridgehead atoms. The summed E-state index contributed by atoms with van der Waals surface area (Å²) < 4.78 is 10.5. The van der Waals surface area contributed by atoms with Gasteiger partial charge in [0.2, 0.25) is 0 Å². The quantitative estimate of drug-likeness (QED) is 0.399. The molecule has 4 rings (SSSR count). The van der Waals surface area contributed by atoms with Gasteiger partial charge in [-0.15, -0.1) is 11.1 Å². The molecule has 2 aromatic heterocycles. The molecule has 4 heteroatoms. The Bertz CT molecular complexity index is 754. The van der Waals surface area contributed by atoms with Crippen molar-refractivity contribution in [2.75, 3.05) is 0 Å². The summed E-state index contributed by atoms with van der Waals surface area (Å²) >= 11 is 1.81. The van der Waals surface area contributed by atoms with Crippen LogP contribution >= 0.6 is 0 Å². The van der Waals surface area contributed by atoms with Crippen LogP contribution in [0.15, 0.2) is 68.9 Å². The average Bonchev–Trinajstić information content (AvgIpc) is 3.42. The first kappa shape index (κ1) is 26.5. The molecule has 2 nitrogen and oxygen atoms in total. The van der Waals surface area contributed by atoms with Gasteiger partial charge in [0, 0.05) is 11.5 Å². The molecule has 2 aliphatic carbocycles. The minimum atomic E-state index is 0. The van der Waals surface area contributed by atoms with Crippen molar-refractivity contribution in [2.45, 2.75) is 27.7 Å². The molecule has 2 radical (unpaired) electrons. The van der Waals surface area contributed by atoms with Crippen LogP contribution in [0.25, 0.3) is 11.1 Å². The third-order valence-electron chi connectivity index (χ3n) is 4.43. The van der Waals surface area contributed by atoms with Gasteiger partial charge in [0.25, 0.3) is 0 Å². The molecule has 0 aliphatic heterocycles. The van der Waals surface area contributed by atoms with E-state index in [-0.39, 0.29) is 14.9 Å². The van der Waals surface area contributed by atoms with E-state index in [1.54, 1.807) is 31.7 Å². The van der Waals surface area contributed by atoms with E-state index in [9.17, 15) is 0 Å². The second-order valence-electron chi connectivity index (χ2n) is 6.29. The van der Waals surface area contributed by atoms with Crippen LogP contribution in [0.2, 0.25) is 0 Å². The fraction of sp³-hybridized carbons (Fsp3) is 0.250. The van der Waals surface area contributed by atoms with Crippen LogP contribution in [0.5, 0.6) is 0 Å². The Morgan fingerprint density at radius 3 is 1.36 bits per heavy atom. The molecule has 2 heterocycles. The Hall–Kier alpha value is -1.55. The van der Waals surface area contributed by atoms with Crippen molar-refractivity contribution in [3.63, 3.8) is 0 Å². The molecular formula is C24H28O2SiTi-4. The molecule has 0 saturated carbocycles. The van der Waals surface area contributed by atoms with Crippen molar-refractivity contribution in [3.8, 4) is 0 Å². The third kappa shape index (κ3) is 6.81. The van der Waals surface area contributed by atoms with Crippen molar-refractivity contribution in [1.29, 1.82) is 0 Å². The molecular weight excluding hydrogens is 396 g/mol. The van der Waals surface area contributed by atoms with E-state index in [1.807, 2.05) is 24.3 Å². The topological polar surface area (TPSA) is 26.3 Å². The van der Waals surface area contributed by atoms with E-state index in [4.69, 9.17) is 8.83 Å². The average molecular weight is 424 g/mol. The van der Waals surface area contributed by atoms with Crippen molar-refractivity contribution in [3.05, 3.63) is 98.6 Å². The van der Waals surface area contributed by atoms with Gasteiger partial charge in [-0.05, 0) is 12.1 Å². The molecule has 0 aromatic carbocycles. The molecule has 0 amide bonds. The Labute approximate surface area is 184 Å². The Morgan fingerprint density at radius 1 is 0.786 bits per heavy atom. The zero-order chi connectivity index (χ0) is 19.1. The zero-order valence-corrected chi connectivity index (χ0v) is 20.2. The summed E-state index contributed by atoms with van der Waals surface area (Å²) in [5, 5.41) is 0. The maximum atomic E-state index is 5.27. The van der Waals surface area contributed by atoms with E-state index < -0.39 is 0 Å². The van der Waals surface area contributed by atoms with E-state index in [0.717, 1.165) is 22.7 Å². The van der Waals surface area contributed by atoms with E-state index in [1.165, 1.54) is 11.1 Å². The van der Waals surface area contributed by atoms with Gasteiger partial charge in [-0.3, -0.25) is 0 Å². The van der Waals surface area contributed by atoms with Crippen LogP contribution in [0.3, 0.4) is 0 Å². The van der Waals surface area contributed by atoms with Crippen LogP contribution in [0.1, 0.15) is 39.2 Å². The van der Waals surface area contributed by atoms with Gasteiger partial charge < -0.3 is 23.7 Å². The molecule has 148 valence electrons. The number of allylic oxidation sites excluding steroid dienone is 8. The van der Waals surface area contributed by atoms with Gasteiger partial charge >= 0.3 is 26.8 Å². The number of hydrogen-bond acceptors (Lipinski definition) is 2. The second kappa shape index (κ2) is 12.8. The molecule has 0 N–H and O–H groups in total. The van der Waals surface area contributed by atoms with Crippen molar-refractivity contribution in [1.82, 2.24) is 0 Å². The predicted octanol–water partition coefficient (Wildman–Crippen LogP) is 6.64. The van der Waals surface area contributed by atoms with Crippen LogP contribution in [0.4, 0.5) is 0 Å². The number of furan rings is 2. The molecule has 2 aromatic rings. The van der Waals surface area contributed by atoms with Gasteiger partial charge in [0.05, 0.1) is 12.5 Å². The third-order valence-corrected chi connectivity index (χ3v) is 4.43. The Morgan fingerprint density at radius 2 is 1.14 bits per heavy atom. The summed E-state index contributed by atoms with van der Waals surface area (Å²) in [6, 6.07) is 7.72. The van der Waals surface area contributed by atoms with Crippen LogP contribution in [-0.2, 0) is 19.2 Å². The molecule has 0 saturated heterocycles. The maximum absolute atomic E-state index is 5.27. The standard InChI is InChI=1S/2C11H11O.2CH3.Si.Ti/c2*1-8-6-10(7-9(8)2)11-4-3-5-12-11;;;;/h2*3-6,9H,1-2H3;2*1H3;;/q4*-1;;. The van der Waals surface area contributed by atoms with E-state index in [0.29, 0.717) is 11.8 Å². The Kier molecular flexibility index (Phi) is 12.1. The second-order valence-corrected chi connectivity index (χ2v) is 6.29. The van der Waals surface area contributed by atoms with Crippen LogP contribution < -0.4 is 0 Å². The zero-order valence-electron chi connectivity index (χ0n) is 17.6. The summed E-state index contributed by atoms with van der Waals surface area (Å²) in [4.78, 5) is 0. The van der Waals surface area contributed by atoms with Gasteiger partial charge in [-0.2, -0.15) is 35.5 Å². The van der Waals surface area contributed by atoms with Crippen molar-refractivity contribution >= 4 is 18.8 Å². The SMILES string of the molecule is CC1=CC(c2ccco2)=[C-]C1C.CC1=CC(c2ccco2)=[C-]C1C.[CH3-].[CH3-].[Si]=[Ti]. The molecule has 2 aliphatic rings. The van der Waals surface area contributed by atoms with Crippen molar-refractivity contribution < 1.29 is 28.0 Å². The fourth-order valence-corrected chi connectivity index (χ4v) is 2.63. The van der Waals surface area contributed by atoms with Crippen LogP contribution in [-0.4, -0.2) is 7.63 Å². The summed E-state index contributed by atoms with van der Waals surface area (Å²) in [6.45, 7) is 8.52. The predicted molar refractivity (Wildman–Crippen MR) is 115 cm³/mol. The summed E-state index contributed by atoms with van der Waals surface area (Å²) in [7, 11) is 2.97. The molecule has 0 spiro atoms. The monoisotopic (exact) mass is 424 g/mol. The van der Waals surface area contributed by atoms with E-state index in [2.05, 4.69) is 59.6 Å². The van der Waals surface area contributed by atoms with Crippen LogP contribution in [0, 0.1) is 38.8 Å². The van der Waals surface area contributed by atoms with Gasteiger partial charge in [0.1, 0.15) is 0 Å². The minimum absolute atomic E-state index is 0. The Balaban J connectivity index is 0.000000449. The molecule has 2 unspecified atom stereocenters. The summed E-state index contributed by atoms with van der Waals surface area (Å²) in [5.41, 5.74) is 4.87. The fourth-order valence-electron chi connectivity index (χ4n) is 2.63. The number of rotatable bonds is 2. The normalized spacial score (nSPS) is 19.2. The molecule has 28 heavy (non-hydrogen) atoms. The van der Waals surface area contributed by atoms with E-state index >= 15 is 0 Å². The summed E-state index contributed by atoms with van der Waals surface area (Å²) in [6.07, 6.45) is 14.3. The molecule has 2 atom stereocenters. The van der Waals surface area contributed by atoms with Gasteiger partial charge in [0.15, 0.2) is 0 Å². The summed E-state index contributed by atoms with van der Waals surface area (Å²) in [5.74, 6) is 2.70. The first-order valence-corrected chi connectivity index (χ1v) is 11.3. The molecule has 0 fully saturated rings. The first-order valence-electron chi connectivity index (χ1n) is 8.50. The van der Waals surface area contributed by atoms with Gasteiger partial charge in [-0.1, -0.05) is 51.7 Å². The van der Waals surface area contributed by atoms with Crippen molar-refractivity contribution in [2.24, 2.45) is 11.8 Å². The number of hydrogen-bond donors (Lipinski definition) is 0.